The van der Waals surface area contributed by atoms with Gasteiger partial charge in [0, 0.05) is 17.3 Å². The molecule has 19 heavy (non-hydrogen) atoms. The largest absolute Gasteiger partial charge is 0.394 e. The summed E-state index contributed by atoms with van der Waals surface area (Å²) in [4.78, 5) is 18.6. The number of carbonyl (C=O) groups excluding carboxylic acids is 1. The summed E-state index contributed by atoms with van der Waals surface area (Å²) < 4.78 is 0. The Morgan fingerprint density at radius 1 is 1.58 bits per heavy atom. The van der Waals surface area contributed by atoms with E-state index in [0.717, 1.165) is 30.1 Å². The summed E-state index contributed by atoms with van der Waals surface area (Å²) in [6.45, 7) is 7.20. The van der Waals surface area contributed by atoms with Crippen LogP contribution in [0.3, 0.4) is 0 Å². The standard InChI is InChI=1S/C14H22N2O2S/c1-14(2,3)13-15-10(9-19-13)7-12(18)16-6-4-5-11(16)8-17/h9,11,17H,4-8H2,1-3H3/t11-/m0/s1. The number of hydrogen-bond acceptors (Lipinski definition) is 4. The van der Waals surface area contributed by atoms with Gasteiger partial charge in [-0.15, -0.1) is 11.3 Å². The van der Waals surface area contributed by atoms with Crippen molar-refractivity contribution < 1.29 is 9.90 Å². The van der Waals surface area contributed by atoms with Crippen LogP contribution in [0.25, 0.3) is 0 Å². The van der Waals surface area contributed by atoms with Gasteiger partial charge in [-0.05, 0) is 12.8 Å². The number of aliphatic hydroxyl groups is 1. The lowest BCUT2D eigenvalue weighted by Crippen LogP contribution is -2.38. The van der Waals surface area contributed by atoms with Gasteiger partial charge >= 0.3 is 0 Å². The Balaban J connectivity index is 2.01. The molecule has 0 aromatic carbocycles. The van der Waals surface area contributed by atoms with Crippen LogP contribution in [0.5, 0.6) is 0 Å². The lowest BCUT2D eigenvalue weighted by molar-refractivity contribution is -0.132. The highest BCUT2D eigenvalue weighted by molar-refractivity contribution is 7.09. The average molecular weight is 282 g/mol. The molecule has 0 radical (unpaired) electrons. The molecule has 1 N–H and O–H groups in total. The van der Waals surface area contributed by atoms with E-state index in [-0.39, 0.29) is 24.0 Å². The molecule has 1 atom stereocenters. The SMILES string of the molecule is CC(C)(C)c1nc(CC(=O)N2CCC[C@H]2CO)cs1. The zero-order chi connectivity index (χ0) is 14.0. The van der Waals surface area contributed by atoms with E-state index >= 15 is 0 Å². The fourth-order valence-corrected chi connectivity index (χ4v) is 3.25. The quantitative estimate of drug-likeness (QED) is 0.922. The smallest absolute Gasteiger partial charge is 0.228 e. The number of likely N-dealkylation sites (tertiary alicyclic amines) is 1. The van der Waals surface area contributed by atoms with E-state index in [1.165, 1.54) is 0 Å². The number of rotatable bonds is 3. The molecule has 106 valence electrons. The lowest BCUT2D eigenvalue weighted by atomic mass is 9.98. The Labute approximate surface area is 118 Å². The number of nitrogens with zero attached hydrogens (tertiary/aromatic N) is 2. The van der Waals surface area contributed by atoms with Gasteiger partial charge in [0.15, 0.2) is 0 Å². The summed E-state index contributed by atoms with van der Waals surface area (Å²) in [5.74, 6) is 0.0855. The Hall–Kier alpha value is -0.940. The monoisotopic (exact) mass is 282 g/mol. The predicted octanol–water partition coefficient (Wildman–Crippen LogP) is 1.97. The first-order valence-electron chi connectivity index (χ1n) is 6.77. The molecular weight excluding hydrogens is 260 g/mol. The zero-order valence-electron chi connectivity index (χ0n) is 11.8. The summed E-state index contributed by atoms with van der Waals surface area (Å²) in [6, 6.07) is 0.00761. The van der Waals surface area contributed by atoms with Crippen molar-refractivity contribution in [3.8, 4) is 0 Å². The molecule has 0 spiro atoms. The molecule has 1 aliphatic rings. The normalized spacial score (nSPS) is 20.0. The number of aromatic nitrogens is 1. The van der Waals surface area contributed by atoms with E-state index < -0.39 is 0 Å². The van der Waals surface area contributed by atoms with Crippen molar-refractivity contribution in [3.63, 3.8) is 0 Å². The van der Waals surface area contributed by atoms with Gasteiger partial charge in [0.2, 0.25) is 5.91 Å². The van der Waals surface area contributed by atoms with E-state index in [1.807, 2.05) is 5.38 Å². The van der Waals surface area contributed by atoms with Crippen molar-refractivity contribution in [1.29, 1.82) is 0 Å². The first-order valence-corrected chi connectivity index (χ1v) is 7.65. The molecule has 1 aromatic heterocycles. The summed E-state index contributed by atoms with van der Waals surface area (Å²) >= 11 is 1.62. The maximum Gasteiger partial charge on any atom is 0.228 e. The molecule has 0 saturated carbocycles. The maximum atomic E-state index is 12.2. The van der Waals surface area contributed by atoms with Crippen LogP contribution in [0.15, 0.2) is 5.38 Å². The lowest BCUT2D eigenvalue weighted by Gasteiger charge is -2.22. The van der Waals surface area contributed by atoms with Crippen LogP contribution in [0.1, 0.15) is 44.3 Å². The second-order valence-corrected chi connectivity index (χ2v) is 6.99. The number of carbonyl (C=O) groups is 1. The summed E-state index contributed by atoms with van der Waals surface area (Å²) in [7, 11) is 0. The number of amides is 1. The average Bonchev–Trinajstić information content (AvgIpc) is 2.95. The number of thiazole rings is 1. The van der Waals surface area contributed by atoms with Crippen molar-refractivity contribution in [2.24, 2.45) is 0 Å². The van der Waals surface area contributed by atoms with E-state index in [4.69, 9.17) is 0 Å². The molecule has 1 aromatic rings. The molecule has 0 unspecified atom stereocenters. The Morgan fingerprint density at radius 3 is 2.89 bits per heavy atom. The topological polar surface area (TPSA) is 53.4 Å². The van der Waals surface area contributed by atoms with E-state index in [2.05, 4.69) is 25.8 Å². The second kappa shape index (κ2) is 5.59. The molecule has 1 fully saturated rings. The molecule has 2 rings (SSSR count). The fourth-order valence-electron chi connectivity index (χ4n) is 2.34. The third-order valence-electron chi connectivity index (χ3n) is 3.43. The van der Waals surface area contributed by atoms with Crippen LogP contribution in [0, 0.1) is 0 Å². The first kappa shape index (κ1) is 14.5. The minimum absolute atomic E-state index is 0.00761. The van der Waals surface area contributed by atoms with Gasteiger partial charge in [0.05, 0.1) is 29.8 Å². The highest BCUT2D eigenvalue weighted by Crippen LogP contribution is 2.26. The molecule has 0 bridgehead atoms. The van der Waals surface area contributed by atoms with Gasteiger partial charge in [-0.25, -0.2) is 4.98 Å². The van der Waals surface area contributed by atoms with Crippen LogP contribution in [0.2, 0.25) is 0 Å². The van der Waals surface area contributed by atoms with Gasteiger partial charge in [0.25, 0.3) is 0 Å². The third kappa shape index (κ3) is 3.34. The molecular formula is C14H22N2O2S. The van der Waals surface area contributed by atoms with Crippen molar-refractivity contribution in [2.45, 2.75) is 51.5 Å². The Kier molecular flexibility index (Phi) is 4.26. The van der Waals surface area contributed by atoms with E-state index in [9.17, 15) is 9.90 Å². The van der Waals surface area contributed by atoms with Crippen LogP contribution in [0.4, 0.5) is 0 Å². The first-order chi connectivity index (χ1) is 8.91. The third-order valence-corrected chi connectivity index (χ3v) is 4.75. The van der Waals surface area contributed by atoms with E-state index in [1.54, 1.807) is 16.2 Å². The Morgan fingerprint density at radius 2 is 2.32 bits per heavy atom. The van der Waals surface area contributed by atoms with Crippen molar-refractivity contribution in [2.75, 3.05) is 13.2 Å². The van der Waals surface area contributed by atoms with Crippen LogP contribution < -0.4 is 0 Å². The van der Waals surface area contributed by atoms with Crippen LogP contribution >= 0.6 is 11.3 Å². The van der Waals surface area contributed by atoms with Crippen molar-refractivity contribution in [1.82, 2.24) is 9.88 Å². The second-order valence-electron chi connectivity index (χ2n) is 6.14. The maximum absolute atomic E-state index is 12.2. The minimum atomic E-state index is 0.00761. The summed E-state index contributed by atoms with van der Waals surface area (Å²) in [5, 5.41) is 12.3. The predicted molar refractivity (Wildman–Crippen MR) is 76.3 cm³/mol. The van der Waals surface area contributed by atoms with Crippen LogP contribution in [-0.2, 0) is 16.6 Å². The van der Waals surface area contributed by atoms with Crippen LogP contribution in [-0.4, -0.2) is 40.1 Å². The molecule has 1 saturated heterocycles. The van der Waals surface area contributed by atoms with Gasteiger partial charge in [-0.2, -0.15) is 0 Å². The Bertz CT molecular complexity index is 451. The fraction of sp³-hybridized carbons (Fsp3) is 0.714. The molecule has 1 aliphatic heterocycles. The van der Waals surface area contributed by atoms with Gasteiger partial charge < -0.3 is 10.0 Å². The number of aliphatic hydroxyl groups excluding tert-OH is 1. The molecule has 0 aliphatic carbocycles. The minimum Gasteiger partial charge on any atom is -0.394 e. The van der Waals surface area contributed by atoms with E-state index in [0.29, 0.717) is 6.42 Å². The molecule has 2 heterocycles. The summed E-state index contributed by atoms with van der Waals surface area (Å²) in [5.41, 5.74) is 0.885. The summed E-state index contributed by atoms with van der Waals surface area (Å²) in [6.07, 6.45) is 2.25. The van der Waals surface area contributed by atoms with Crippen molar-refractivity contribution >= 4 is 17.2 Å². The molecule has 1 amide bonds. The van der Waals surface area contributed by atoms with Crippen molar-refractivity contribution in [3.05, 3.63) is 16.1 Å². The van der Waals surface area contributed by atoms with Gasteiger partial charge in [-0.3, -0.25) is 4.79 Å². The highest BCUT2D eigenvalue weighted by Gasteiger charge is 2.28. The highest BCUT2D eigenvalue weighted by atomic mass is 32.1. The van der Waals surface area contributed by atoms with Gasteiger partial charge in [-0.1, -0.05) is 20.8 Å². The molecule has 4 nitrogen and oxygen atoms in total. The zero-order valence-corrected chi connectivity index (χ0v) is 12.7. The molecule has 5 heteroatoms. The number of hydrogen-bond donors (Lipinski definition) is 1. The van der Waals surface area contributed by atoms with Gasteiger partial charge in [0.1, 0.15) is 0 Å².